The number of fused-ring (bicyclic) bond motifs is 1. The highest BCUT2D eigenvalue weighted by Gasteiger charge is 2.31. The predicted molar refractivity (Wildman–Crippen MR) is 118 cm³/mol. The fourth-order valence-electron chi connectivity index (χ4n) is 3.86. The van der Waals surface area contributed by atoms with Gasteiger partial charge in [-0.3, -0.25) is 9.59 Å². The van der Waals surface area contributed by atoms with Crippen molar-refractivity contribution in [1.82, 2.24) is 0 Å². The van der Waals surface area contributed by atoms with Crippen LogP contribution in [0.25, 0.3) is 10.8 Å². The van der Waals surface area contributed by atoms with Gasteiger partial charge in [0.05, 0.1) is 11.4 Å². The number of nitrogens with one attached hydrogen (secondary N) is 1. The van der Waals surface area contributed by atoms with E-state index in [0.29, 0.717) is 22.6 Å². The number of anilines is 4. The van der Waals surface area contributed by atoms with Crippen LogP contribution >= 0.6 is 0 Å². The molecule has 1 fully saturated rings. The molecule has 0 saturated carbocycles. The maximum atomic E-state index is 12.9. The third-order valence-electron chi connectivity index (χ3n) is 5.47. The predicted octanol–water partition coefficient (Wildman–Crippen LogP) is 3.81. The molecule has 3 aromatic carbocycles. The highest BCUT2D eigenvalue weighted by molar-refractivity contribution is 6.00. The Bertz CT molecular complexity index is 1110. The van der Waals surface area contributed by atoms with Gasteiger partial charge in [0.15, 0.2) is 5.78 Å². The summed E-state index contributed by atoms with van der Waals surface area (Å²) in [6, 6.07) is 16.7. The van der Waals surface area contributed by atoms with E-state index in [1.54, 1.807) is 25.1 Å². The summed E-state index contributed by atoms with van der Waals surface area (Å²) in [7, 11) is 0. The van der Waals surface area contributed by atoms with Gasteiger partial charge in [0.2, 0.25) is 5.91 Å². The molecule has 1 aliphatic rings. The maximum Gasteiger partial charge on any atom is 0.247 e. The van der Waals surface area contributed by atoms with E-state index in [2.05, 4.69) is 16.3 Å². The number of nitrogen functional groups attached to an aromatic ring is 2. The van der Waals surface area contributed by atoms with E-state index < -0.39 is 0 Å². The van der Waals surface area contributed by atoms with Crippen LogP contribution in [0.4, 0.5) is 22.7 Å². The molecule has 0 aliphatic carbocycles. The smallest absolute Gasteiger partial charge is 0.247 e. The Morgan fingerprint density at radius 2 is 1.72 bits per heavy atom. The van der Waals surface area contributed by atoms with Crippen LogP contribution in [0, 0.1) is 0 Å². The zero-order valence-corrected chi connectivity index (χ0v) is 16.3. The third kappa shape index (κ3) is 3.74. The average molecular weight is 388 g/mol. The monoisotopic (exact) mass is 388 g/mol. The summed E-state index contributed by atoms with van der Waals surface area (Å²) >= 11 is 0. The van der Waals surface area contributed by atoms with E-state index in [9.17, 15) is 9.59 Å². The van der Waals surface area contributed by atoms with E-state index >= 15 is 0 Å². The number of nitrogens with two attached hydrogens (primary N) is 2. The lowest BCUT2D eigenvalue weighted by atomic mass is 10.0. The number of hydrogen-bond acceptors (Lipinski definition) is 5. The summed E-state index contributed by atoms with van der Waals surface area (Å²) in [5.74, 6) is -0.00532. The van der Waals surface area contributed by atoms with Crippen molar-refractivity contribution in [2.75, 3.05) is 28.2 Å². The number of benzene rings is 3. The summed E-state index contributed by atoms with van der Waals surface area (Å²) in [4.78, 5) is 26.7. The van der Waals surface area contributed by atoms with Crippen molar-refractivity contribution in [3.8, 4) is 0 Å². The summed E-state index contributed by atoms with van der Waals surface area (Å²) in [6.07, 6.45) is 1.74. The Morgan fingerprint density at radius 3 is 2.48 bits per heavy atom. The number of carbonyl (C=O) groups is 2. The molecule has 1 saturated heterocycles. The molecular weight excluding hydrogens is 364 g/mol. The standard InChI is InChI=1S/C23H24N4O2/c1-14(28)15-4-5-17-12-19(8-6-16(17)11-15)27-10-2-3-22(27)23(29)26-18-7-9-20(24)21(25)13-18/h4-9,11-13,22H,2-3,10,24-25H2,1H3,(H,26,29)/t22-/m0/s1. The van der Waals surface area contributed by atoms with Crippen molar-refractivity contribution in [2.24, 2.45) is 0 Å². The van der Waals surface area contributed by atoms with Crippen LogP contribution < -0.4 is 21.7 Å². The minimum absolute atomic E-state index is 0.0514. The lowest BCUT2D eigenvalue weighted by Gasteiger charge is -2.26. The van der Waals surface area contributed by atoms with Crippen molar-refractivity contribution in [2.45, 2.75) is 25.8 Å². The summed E-state index contributed by atoms with van der Waals surface area (Å²) in [5.41, 5.74) is 14.9. The molecule has 1 heterocycles. The summed E-state index contributed by atoms with van der Waals surface area (Å²) < 4.78 is 0. The fraction of sp³-hybridized carbons (Fsp3) is 0.217. The highest BCUT2D eigenvalue weighted by atomic mass is 16.2. The molecule has 6 heteroatoms. The van der Waals surface area contributed by atoms with Gasteiger partial charge in [-0.2, -0.15) is 0 Å². The van der Waals surface area contributed by atoms with Crippen molar-refractivity contribution >= 4 is 45.2 Å². The lowest BCUT2D eigenvalue weighted by Crippen LogP contribution is -2.39. The molecule has 148 valence electrons. The van der Waals surface area contributed by atoms with Crippen LogP contribution in [-0.2, 0) is 4.79 Å². The average Bonchev–Trinajstić information content (AvgIpc) is 3.20. The Labute approximate surface area is 169 Å². The molecule has 0 spiro atoms. The van der Waals surface area contributed by atoms with E-state index in [1.807, 2.05) is 30.3 Å². The largest absolute Gasteiger partial charge is 0.397 e. The quantitative estimate of drug-likeness (QED) is 0.466. The number of ketones is 1. The molecular formula is C23H24N4O2. The van der Waals surface area contributed by atoms with Crippen LogP contribution in [0.3, 0.4) is 0 Å². The molecule has 6 nitrogen and oxygen atoms in total. The van der Waals surface area contributed by atoms with Gasteiger partial charge in [-0.1, -0.05) is 18.2 Å². The van der Waals surface area contributed by atoms with Crippen LogP contribution in [-0.4, -0.2) is 24.3 Å². The zero-order chi connectivity index (χ0) is 20.5. The van der Waals surface area contributed by atoms with Crippen molar-refractivity contribution in [1.29, 1.82) is 0 Å². The summed E-state index contributed by atoms with van der Waals surface area (Å²) in [6.45, 7) is 2.39. The van der Waals surface area contributed by atoms with Crippen molar-refractivity contribution in [3.05, 3.63) is 60.2 Å². The highest BCUT2D eigenvalue weighted by Crippen LogP contribution is 2.30. The fourth-order valence-corrected chi connectivity index (χ4v) is 3.86. The van der Waals surface area contributed by atoms with Crippen molar-refractivity contribution < 1.29 is 9.59 Å². The molecule has 29 heavy (non-hydrogen) atoms. The van der Waals surface area contributed by atoms with Gasteiger partial charge in [0, 0.05) is 23.5 Å². The lowest BCUT2D eigenvalue weighted by molar-refractivity contribution is -0.117. The van der Waals surface area contributed by atoms with Gasteiger partial charge in [-0.05, 0) is 66.9 Å². The first kappa shape index (κ1) is 18.8. The Kier molecular flexibility index (Phi) is 4.84. The molecule has 0 bridgehead atoms. The Balaban J connectivity index is 1.57. The second kappa shape index (κ2) is 7.47. The van der Waals surface area contributed by atoms with Gasteiger partial charge in [-0.25, -0.2) is 0 Å². The third-order valence-corrected chi connectivity index (χ3v) is 5.47. The van der Waals surface area contributed by atoms with Gasteiger partial charge < -0.3 is 21.7 Å². The van der Waals surface area contributed by atoms with Crippen LogP contribution in [0.1, 0.15) is 30.1 Å². The normalized spacial score (nSPS) is 16.2. The molecule has 1 atom stereocenters. The van der Waals surface area contributed by atoms with Crippen LogP contribution in [0.5, 0.6) is 0 Å². The topological polar surface area (TPSA) is 101 Å². The van der Waals surface area contributed by atoms with Gasteiger partial charge in [-0.15, -0.1) is 0 Å². The van der Waals surface area contributed by atoms with Gasteiger partial charge >= 0.3 is 0 Å². The zero-order valence-electron chi connectivity index (χ0n) is 16.3. The van der Waals surface area contributed by atoms with Crippen molar-refractivity contribution in [3.63, 3.8) is 0 Å². The first-order chi connectivity index (χ1) is 13.9. The second-order valence-corrected chi connectivity index (χ2v) is 7.49. The number of hydrogen-bond donors (Lipinski definition) is 3. The van der Waals surface area contributed by atoms with Crippen LogP contribution in [0.2, 0.25) is 0 Å². The Hall–Kier alpha value is -3.54. The number of amides is 1. The first-order valence-corrected chi connectivity index (χ1v) is 9.69. The van der Waals surface area contributed by atoms with Crippen LogP contribution in [0.15, 0.2) is 54.6 Å². The molecule has 0 radical (unpaired) electrons. The Morgan fingerprint density at radius 1 is 0.966 bits per heavy atom. The minimum Gasteiger partial charge on any atom is -0.397 e. The first-order valence-electron chi connectivity index (χ1n) is 9.69. The number of Topliss-reactive ketones (excluding diaryl/α,β-unsaturated/α-hetero) is 1. The van der Waals surface area contributed by atoms with E-state index in [-0.39, 0.29) is 17.7 Å². The molecule has 0 aromatic heterocycles. The van der Waals surface area contributed by atoms with Gasteiger partial charge in [0.25, 0.3) is 0 Å². The molecule has 1 aliphatic heterocycles. The summed E-state index contributed by atoms with van der Waals surface area (Å²) in [5, 5.41) is 5.01. The second-order valence-electron chi connectivity index (χ2n) is 7.49. The van der Waals surface area contributed by atoms with E-state index in [0.717, 1.165) is 35.8 Å². The SMILES string of the molecule is CC(=O)c1ccc2cc(N3CCC[C@H]3C(=O)Nc3ccc(N)c(N)c3)ccc2c1. The molecule has 4 rings (SSSR count). The molecule has 3 aromatic rings. The van der Waals surface area contributed by atoms with E-state index in [1.165, 1.54) is 0 Å². The maximum absolute atomic E-state index is 12.9. The van der Waals surface area contributed by atoms with Gasteiger partial charge in [0.1, 0.15) is 6.04 Å². The van der Waals surface area contributed by atoms with E-state index in [4.69, 9.17) is 11.5 Å². The number of nitrogens with zero attached hydrogens (tertiary/aromatic N) is 1. The molecule has 0 unspecified atom stereocenters. The number of carbonyl (C=O) groups excluding carboxylic acids is 2. The molecule has 1 amide bonds. The number of rotatable bonds is 4. The minimum atomic E-state index is -0.247. The molecule has 5 N–H and O–H groups in total.